The van der Waals surface area contributed by atoms with Crippen molar-refractivity contribution in [2.45, 2.75) is 25.4 Å². The van der Waals surface area contributed by atoms with Crippen LogP contribution in [0.5, 0.6) is 0 Å². The molecule has 18 heavy (non-hydrogen) atoms. The summed E-state index contributed by atoms with van der Waals surface area (Å²) < 4.78 is 2.24. The van der Waals surface area contributed by atoms with Crippen molar-refractivity contribution in [2.75, 3.05) is 5.88 Å². The molecule has 1 fully saturated rings. The summed E-state index contributed by atoms with van der Waals surface area (Å²) in [5.41, 5.74) is 2.13. The number of amides is 1. The maximum Gasteiger partial charge on any atom is 0.235 e. The number of hydrogen-bond donors (Lipinski definition) is 1. The van der Waals surface area contributed by atoms with Gasteiger partial charge >= 0.3 is 0 Å². The number of aromatic nitrogens is 2. The van der Waals surface area contributed by atoms with Crippen LogP contribution >= 0.6 is 11.6 Å². The fourth-order valence-electron chi connectivity index (χ4n) is 2.18. The predicted molar refractivity (Wildman–Crippen MR) is 70.6 cm³/mol. The van der Waals surface area contributed by atoms with Gasteiger partial charge in [0, 0.05) is 6.04 Å². The topological polar surface area (TPSA) is 46.9 Å². The van der Waals surface area contributed by atoms with Crippen LogP contribution in [0.3, 0.4) is 0 Å². The second-order valence-electron chi connectivity index (χ2n) is 4.53. The van der Waals surface area contributed by atoms with E-state index in [1.807, 2.05) is 18.2 Å². The number of carbonyl (C=O) groups is 1. The molecule has 0 radical (unpaired) electrons. The summed E-state index contributed by atoms with van der Waals surface area (Å²) in [6.07, 6.45) is 2.38. The Labute approximate surface area is 110 Å². The van der Waals surface area contributed by atoms with E-state index in [2.05, 4.69) is 20.9 Å². The fourth-order valence-corrected chi connectivity index (χ4v) is 2.28. The summed E-state index contributed by atoms with van der Waals surface area (Å²) in [5, 5.41) is 2.78. The van der Waals surface area contributed by atoms with Gasteiger partial charge in [0.25, 0.3) is 0 Å². The van der Waals surface area contributed by atoms with E-state index in [-0.39, 0.29) is 11.8 Å². The number of fused-ring (bicyclic) bond motifs is 1. The first kappa shape index (κ1) is 11.5. The number of halogens is 1. The van der Waals surface area contributed by atoms with Gasteiger partial charge in [0.15, 0.2) is 0 Å². The van der Waals surface area contributed by atoms with Crippen molar-refractivity contribution in [3.63, 3.8) is 0 Å². The van der Waals surface area contributed by atoms with Crippen LogP contribution in [0.25, 0.3) is 11.0 Å². The highest BCUT2D eigenvalue weighted by atomic mass is 35.5. The summed E-state index contributed by atoms with van der Waals surface area (Å²) in [4.78, 5) is 15.8. The van der Waals surface area contributed by atoms with Crippen LogP contribution in [0.4, 0.5) is 0 Å². The van der Waals surface area contributed by atoms with Crippen molar-refractivity contribution < 1.29 is 4.79 Å². The quantitative estimate of drug-likeness (QED) is 0.860. The van der Waals surface area contributed by atoms with Gasteiger partial charge in [0.2, 0.25) is 5.91 Å². The minimum Gasteiger partial charge on any atom is -0.348 e. The molecule has 1 aromatic heterocycles. The van der Waals surface area contributed by atoms with E-state index < -0.39 is 0 Å². The van der Waals surface area contributed by atoms with Crippen molar-refractivity contribution >= 4 is 28.5 Å². The van der Waals surface area contributed by atoms with Crippen molar-refractivity contribution in [1.82, 2.24) is 14.9 Å². The lowest BCUT2D eigenvalue weighted by Crippen LogP contribution is -2.25. The van der Waals surface area contributed by atoms with E-state index in [0.29, 0.717) is 12.6 Å². The number of alkyl halides is 1. The Balaban J connectivity index is 1.94. The number of benzene rings is 1. The Morgan fingerprint density at radius 2 is 2.22 bits per heavy atom. The van der Waals surface area contributed by atoms with Gasteiger partial charge in [-0.3, -0.25) is 4.79 Å². The molecule has 0 bridgehead atoms. The lowest BCUT2D eigenvalue weighted by molar-refractivity contribution is -0.118. The van der Waals surface area contributed by atoms with Crippen LogP contribution < -0.4 is 5.32 Å². The zero-order valence-electron chi connectivity index (χ0n) is 9.90. The fraction of sp³-hybridized carbons (Fsp3) is 0.385. The molecule has 0 atom stereocenters. The Hall–Kier alpha value is -1.55. The molecule has 1 aliphatic rings. The van der Waals surface area contributed by atoms with E-state index in [1.165, 1.54) is 12.8 Å². The van der Waals surface area contributed by atoms with Gasteiger partial charge < -0.3 is 9.88 Å². The third kappa shape index (κ3) is 2.08. The summed E-state index contributed by atoms with van der Waals surface area (Å²) in [6, 6.07) is 8.62. The number of hydrogen-bond acceptors (Lipinski definition) is 2. The van der Waals surface area contributed by atoms with Crippen molar-refractivity contribution in [3.8, 4) is 0 Å². The molecule has 0 unspecified atom stereocenters. The number of nitrogens with zero attached hydrogens (tertiary/aromatic N) is 2. The molecular weight excluding hydrogens is 250 g/mol. The first-order valence-corrected chi connectivity index (χ1v) is 6.61. The molecule has 94 valence electrons. The summed E-state index contributed by atoms with van der Waals surface area (Å²) >= 11 is 5.47. The zero-order chi connectivity index (χ0) is 12.5. The molecule has 0 aliphatic heterocycles. The highest BCUT2D eigenvalue weighted by Crippen LogP contribution is 2.38. The Morgan fingerprint density at radius 3 is 2.94 bits per heavy atom. The van der Waals surface area contributed by atoms with E-state index >= 15 is 0 Å². The Bertz CT molecular complexity index is 589. The number of imidazole rings is 1. The normalized spacial score (nSPS) is 14.9. The average Bonchev–Trinajstić information content (AvgIpc) is 3.16. The molecule has 0 saturated heterocycles. The predicted octanol–water partition coefficient (Wildman–Crippen LogP) is 2.23. The summed E-state index contributed by atoms with van der Waals surface area (Å²) in [5.74, 6) is 0.743. The summed E-state index contributed by atoms with van der Waals surface area (Å²) in [6.45, 7) is 0.441. The third-order valence-electron chi connectivity index (χ3n) is 3.15. The standard InChI is InChI=1S/C13H14ClN3O/c14-7-13(18)15-8-12-16-10-3-1-2-4-11(10)17(12)9-5-6-9/h1-4,9H,5-8H2,(H,15,18). The second-order valence-corrected chi connectivity index (χ2v) is 4.80. The molecule has 4 nitrogen and oxygen atoms in total. The molecular formula is C13H14ClN3O. The number of para-hydroxylation sites is 2. The molecule has 1 heterocycles. The monoisotopic (exact) mass is 263 g/mol. The lowest BCUT2D eigenvalue weighted by atomic mass is 10.3. The van der Waals surface area contributed by atoms with Gasteiger partial charge in [-0.15, -0.1) is 11.6 Å². The largest absolute Gasteiger partial charge is 0.348 e. The molecule has 1 aromatic carbocycles. The van der Waals surface area contributed by atoms with E-state index in [9.17, 15) is 4.79 Å². The molecule has 1 amide bonds. The van der Waals surface area contributed by atoms with Gasteiger partial charge in [-0.25, -0.2) is 4.98 Å². The van der Waals surface area contributed by atoms with Crippen LogP contribution in [0, 0.1) is 0 Å². The van der Waals surface area contributed by atoms with Crippen LogP contribution in [0.1, 0.15) is 24.7 Å². The van der Waals surface area contributed by atoms with Crippen molar-refractivity contribution in [1.29, 1.82) is 0 Å². The number of rotatable bonds is 4. The molecule has 1 N–H and O–H groups in total. The van der Waals surface area contributed by atoms with Crippen LogP contribution in [0.2, 0.25) is 0 Å². The molecule has 1 aliphatic carbocycles. The van der Waals surface area contributed by atoms with Gasteiger partial charge in [0.05, 0.1) is 17.6 Å². The highest BCUT2D eigenvalue weighted by molar-refractivity contribution is 6.27. The Kier molecular flexibility index (Phi) is 2.96. The van der Waals surface area contributed by atoms with Gasteiger partial charge in [-0.2, -0.15) is 0 Å². The maximum absolute atomic E-state index is 11.2. The smallest absolute Gasteiger partial charge is 0.235 e. The average molecular weight is 264 g/mol. The number of nitrogens with one attached hydrogen (secondary N) is 1. The SMILES string of the molecule is O=C(CCl)NCc1nc2ccccc2n1C1CC1. The van der Waals surface area contributed by atoms with Crippen LogP contribution in [0.15, 0.2) is 24.3 Å². The zero-order valence-corrected chi connectivity index (χ0v) is 10.7. The van der Waals surface area contributed by atoms with Gasteiger partial charge in [-0.05, 0) is 25.0 Å². The van der Waals surface area contributed by atoms with Gasteiger partial charge in [0.1, 0.15) is 11.7 Å². The first-order chi connectivity index (χ1) is 8.79. The van der Waals surface area contributed by atoms with E-state index in [1.54, 1.807) is 0 Å². The highest BCUT2D eigenvalue weighted by Gasteiger charge is 2.27. The second kappa shape index (κ2) is 4.61. The minimum absolute atomic E-state index is 0.0103. The minimum atomic E-state index is -0.161. The number of carbonyl (C=O) groups excluding carboxylic acids is 1. The first-order valence-electron chi connectivity index (χ1n) is 6.08. The maximum atomic E-state index is 11.2. The van der Waals surface area contributed by atoms with Crippen molar-refractivity contribution in [2.24, 2.45) is 0 Å². The summed E-state index contributed by atoms with van der Waals surface area (Å²) in [7, 11) is 0. The van der Waals surface area contributed by atoms with Crippen LogP contribution in [-0.2, 0) is 11.3 Å². The van der Waals surface area contributed by atoms with Crippen LogP contribution in [-0.4, -0.2) is 21.3 Å². The lowest BCUT2D eigenvalue weighted by Gasteiger charge is -2.08. The van der Waals surface area contributed by atoms with E-state index in [0.717, 1.165) is 16.9 Å². The van der Waals surface area contributed by atoms with Gasteiger partial charge in [-0.1, -0.05) is 12.1 Å². The third-order valence-corrected chi connectivity index (χ3v) is 3.39. The molecule has 0 spiro atoms. The molecule has 5 heteroatoms. The van der Waals surface area contributed by atoms with Crippen molar-refractivity contribution in [3.05, 3.63) is 30.1 Å². The van der Waals surface area contributed by atoms with E-state index in [4.69, 9.17) is 11.6 Å². The molecule has 3 rings (SSSR count). The molecule has 1 saturated carbocycles. The molecule has 2 aromatic rings. The Morgan fingerprint density at radius 1 is 1.44 bits per heavy atom.